The van der Waals surface area contributed by atoms with E-state index in [1.807, 2.05) is 13.8 Å². The van der Waals surface area contributed by atoms with Crippen LogP contribution in [-0.2, 0) is 13.0 Å². The molecular formula is C16H18ClN3S. The van der Waals surface area contributed by atoms with Gasteiger partial charge in [-0.15, -0.1) is 22.9 Å². The van der Waals surface area contributed by atoms with Gasteiger partial charge < -0.3 is 4.57 Å². The summed E-state index contributed by atoms with van der Waals surface area (Å²) in [7, 11) is 0. The number of nitrogens with zero attached hydrogens (tertiary/aromatic N) is 3. The van der Waals surface area contributed by atoms with Crippen LogP contribution in [0.1, 0.15) is 34.4 Å². The minimum absolute atomic E-state index is 0.102. The van der Waals surface area contributed by atoms with Gasteiger partial charge >= 0.3 is 0 Å². The zero-order valence-electron chi connectivity index (χ0n) is 12.4. The molecule has 110 valence electrons. The van der Waals surface area contributed by atoms with Crippen LogP contribution in [0.2, 0.25) is 0 Å². The van der Waals surface area contributed by atoms with Crippen molar-refractivity contribution in [3.8, 4) is 0 Å². The molecule has 0 bridgehead atoms. The number of alkyl halides is 1. The van der Waals surface area contributed by atoms with Crippen LogP contribution in [0.15, 0.2) is 23.6 Å². The standard InChI is InChI=1S/C16H18ClN3S/c1-10-4-5-15-14(8-10)19-16(11(2)17)20(15)7-6-13-9-21-12(3)18-13/h4-5,8-9,11H,6-7H2,1-3H3. The summed E-state index contributed by atoms with van der Waals surface area (Å²) in [6.45, 7) is 6.95. The summed E-state index contributed by atoms with van der Waals surface area (Å²) < 4.78 is 2.22. The van der Waals surface area contributed by atoms with Gasteiger partial charge in [-0.3, -0.25) is 0 Å². The molecule has 0 amide bonds. The van der Waals surface area contributed by atoms with E-state index in [1.165, 1.54) is 5.56 Å². The third-order valence-corrected chi connectivity index (χ3v) is 4.56. The number of thiazole rings is 1. The highest BCUT2D eigenvalue weighted by Gasteiger charge is 2.15. The minimum atomic E-state index is -0.102. The summed E-state index contributed by atoms with van der Waals surface area (Å²) in [5.74, 6) is 0.934. The lowest BCUT2D eigenvalue weighted by Gasteiger charge is -2.09. The van der Waals surface area contributed by atoms with E-state index in [2.05, 4.69) is 40.1 Å². The van der Waals surface area contributed by atoms with Crippen LogP contribution in [0.5, 0.6) is 0 Å². The fourth-order valence-corrected chi connectivity index (χ4v) is 3.36. The normalized spacial score (nSPS) is 13.0. The first-order valence-corrected chi connectivity index (χ1v) is 8.38. The van der Waals surface area contributed by atoms with E-state index in [0.29, 0.717) is 0 Å². The molecule has 1 aromatic carbocycles. The molecular weight excluding hydrogens is 302 g/mol. The Kier molecular flexibility index (Phi) is 4.00. The number of imidazole rings is 1. The van der Waals surface area contributed by atoms with E-state index in [9.17, 15) is 0 Å². The average Bonchev–Trinajstić information content (AvgIpc) is 2.99. The molecule has 0 fully saturated rings. The Morgan fingerprint density at radius 1 is 1.29 bits per heavy atom. The highest BCUT2D eigenvalue weighted by Crippen LogP contribution is 2.25. The molecule has 3 rings (SSSR count). The van der Waals surface area contributed by atoms with Crippen molar-refractivity contribution in [1.82, 2.24) is 14.5 Å². The number of aromatic nitrogens is 3. The molecule has 3 aromatic rings. The van der Waals surface area contributed by atoms with Gasteiger partial charge in [0.1, 0.15) is 5.82 Å². The average molecular weight is 320 g/mol. The maximum Gasteiger partial charge on any atom is 0.127 e. The quantitative estimate of drug-likeness (QED) is 0.655. The summed E-state index contributed by atoms with van der Waals surface area (Å²) >= 11 is 8.00. The lowest BCUT2D eigenvalue weighted by Crippen LogP contribution is -2.07. The van der Waals surface area contributed by atoms with Crippen molar-refractivity contribution in [2.75, 3.05) is 0 Å². The molecule has 0 saturated heterocycles. The van der Waals surface area contributed by atoms with Crippen LogP contribution < -0.4 is 0 Å². The lowest BCUT2D eigenvalue weighted by molar-refractivity contribution is 0.661. The van der Waals surface area contributed by atoms with Crippen molar-refractivity contribution in [2.24, 2.45) is 0 Å². The molecule has 1 atom stereocenters. The minimum Gasteiger partial charge on any atom is -0.326 e. The van der Waals surface area contributed by atoms with Crippen molar-refractivity contribution in [1.29, 1.82) is 0 Å². The second kappa shape index (κ2) is 5.78. The molecule has 0 N–H and O–H groups in total. The zero-order chi connectivity index (χ0) is 15.0. The molecule has 2 heterocycles. The Morgan fingerprint density at radius 2 is 2.10 bits per heavy atom. The van der Waals surface area contributed by atoms with Gasteiger partial charge in [-0.25, -0.2) is 9.97 Å². The summed E-state index contributed by atoms with van der Waals surface area (Å²) in [4.78, 5) is 9.23. The van der Waals surface area contributed by atoms with Crippen LogP contribution in [-0.4, -0.2) is 14.5 Å². The maximum absolute atomic E-state index is 6.31. The molecule has 0 aliphatic rings. The van der Waals surface area contributed by atoms with Crippen LogP contribution >= 0.6 is 22.9 Å². The van der Waals surface area contributed by atoms with Crippen molar-refractivity contribution in [3.05, 3.63) is 45.7 Å². The smallest absolute Gasteiger partial charge is 0.127 e. The summed E-state index contributed by atoms with van der Waals surface area (Å²) in [6.07, 6.45) is 0.903. The number of halogens is 1. The second-order valence-electron chi connectivity index (χ2n) is 5.34. The van der Waals surface area contributed by atoms with Crippen LogP contribution in [0.25, 0.3) is 11.0 Å². The summed E-state index contributed by atoms with van der Waals surface area (Å²) in [5, 5.41) is 3.14. The van der Waals surface area contributed by atoms with E-state index >= 15 is 0 Å². The van der Waals surface area contributed by atoms with Gasteiger partial charge in [-0.1, -0.05) is 6.07 Å². The molecule has 3 nitrogen and oxygen atoms in total. The number of benzene rings is 1. The lowest BCUT2D eigenvalue weighted by atomic mass is 10.2. The second-order valence-corrected chi connectivity index (χ2v) is 7.05. The first-order chi connectivity index (χ1) is 10.0. The number of aryl methyl sites for hydroxylation is 4. The van der Waals surface area contributed by atoms with Crippen LogP contribution in [0.3, 0.4) is 0 Å². The van der Waals surface area contributed by atoms with Crippen molar-refractivity contribution in [2.45, 2.75) is 39.1 Å². The van der Waals surface area contributed by atoms with Gasteiger partial charge in [0, 0.05) is 18.3 Å². The number of hydrogen-bond donors (Lipinski definition) is 0. The number of fused-ring (bicyclic) bond motifs is 1. The molecule has 0 saturated carbocycles. The fraction of sp³-hybridized carbons (Fsp3) is 0.375. The predicted octanol–water partition coefficient (Wildman–Crippen LogP) is 4.65. The topological polar surface area (TPSA) is 30.7 Å². The molecule has 2 aromatic heterocycles. The van der Waals surface area contributed by atoms with E-state index in [1.54, 1.807) is 11.3 Å². The summed E-state index contributed by atoms with van der Waals surface area (Å²) in [6, 6.07) is 6.37. The number of rotatable bonds is 4. The third kappa shape index (κ3) is 2.97. The molecule has 5 heteroatoms. The Bertz CT molecular complexity index is 773. The van der Waals surface area contributed by atoms with Gasteiger partial charge in [0.25, 0.3) is 0 Å². The van der Waals surface area contributed by atoms with Crippen LogP contribution in [0.4, 0.5) is 0 Å². The molecule has 1 unspecified atom stereocenters. The van der Waals surface area contributed by atoms with Gasteiger partial charge in [0.05, 0.1) is 27.1 Å². The zero-order valence-corrected chi connectivity index (χ0v) is 14.0. The first-order valence-electron chi connectivity index (χ1n) is 7.06. The fourth-order valence-electron chi connectivity index (χ4n) is 2.55. The Hall–Kier alpha value is -1.39. The van der Waals surface area contributed by atoms with Gasteiger partial charge in [0.2, 0.25) is 0 Å². The Morgan fingerprint density at radius 3 is 2.76 bits per heavy atom. The maximum atomic E-state index is 6.31. The van der Waals surface area contributed by atoms with E-state index in [0.717, 1.165) is 40.5 Å². The van der Waals surface area contributed by atoms with Gasteiger partial charge in [-0.05, 0) is 38.5 Å². The SMILES string of the molecule is Cc1ccc2c(c1)nc(C(C)Cl)n2CCc1csc(C)n1. The first kappa shape index (κ1) is 14.5. The van der Waals surface area contributed by atoms with E-state index < -0.39 is 0 Å². The van der Waals surface area contributed by atoms with Crippen molar-refractivity contribution >= 4 is 34.0 Å². The third-order valence-electron chi connectivity index (χ3n) is 3.55. The molecule has 21 heavy (non-hydrogen) atoms. The van der Waals surface area contributed by atoms with Crippen molar-refractivity contribution < 1.29 is 0 Å². The highest BCUT2D eigenvalue weighted by atomic mass is 35.5. The largest absolute Gasteiger partial charge is 0.326 e. The van der Waals surface area contributed by atoms with E-state index in [4.69, 9.17) is 16.6 Å². The Balaban J connectivity index is 1.97. The number of hydrogen-bond acceptors (Lipinski definition) is 3. The van der Waals surface area contributed by atoms with Crippen molar-refractivity contribution in [3.63, 3.8) is 0 Å². The van der Waals surface area contributed by atoms with Gasteiger partial charge in [0.15, 0.2) is 0 Å². The summed E-state index contributed by atoms with van der Waals surface area (Å²) in [5.41, 5.74) is 4.53. The predicted molar refractivity (Wildman–Crippen MR) is 89.3 cm³/mol. The highest BCUT2D eigenvalue weighted by molar-refractivity contribution is 7.09. The van der Waals surface area contributed by atoms with Gasteiger partial charge in [-0.2, -0.15) is 0 Å². The molecule has 0 aliphatic heterocycles. The molecule has 0 spiro atoms. The monoisotopic (exact) mass is 319 g/mol. The Labute approximate surface area is 133 Å². The molecule has 0 radical (unpaired) electrons. The molecule has 0 aliphatic carbocycles. The van der Waals surface area contributed by atoms with Crippen LogP contribution in [0, 0.1) is 13.8 Å². The van der Waals surface area contributed by atoms with E-state index in [-0.39, 0.29) is 5.38 Å².